The van der Waals surface area contributed by atoms with Gasteiger partial charge in [0.1, 0.15) is 0 Å². The van der Waals surface area contributed by atoms with Gasteiger partial charge in [-0.2, -0.15) is 0 Å². The molecule has 0 spiro atoms. The molecule has 1 aliphatic rings. The van der Waals surface area contributed by atoms with Crippen molar-refractivity contribution in [3.05, 3.63) is 12.2 Å². The second kappa shape index (κ2) is 7.05. The molecule has 16 heavy (non-hydrogen) atoms. The molecular weight excluding hydrogens is 204 g/mol. The summed E-state index contributed by atoms with van der Waals surface area (Å²) < 4.78 is 0. The van der Waals surface area contributed by atoms with Crippen molar-refractivity contribution >= 4 is 0 Å². The first-order valence-electron chi connectivity index (χ1n) is 6.28. The number of hydrogen-bond acceptors (Lipinski definition) is 3. The van der Waals surface area contributed by atoms with Gasteiger partial charge in [-0.15, -0.1) is 0 Å². The largest absolute Gasteiger partial charge is 0.393 e. The fourth-order valence-corrected chi connectivity index (χ4v) is 2.41. The van der Waals surface area contributed by atoms with E-state index in [0.717, 1.165) is 19.3 Å². The number of hydrogen-bond donors (Lipinski definition) is 3. The monoisotopic (exact) mass is 228 g/mol. The minimum absolute atomic E-state index is 0.224. The first-order chi connectivity index (χ1) is 7.65. The summed E-state index contributed by atoms with van der Waals surface area (Å²) in [7, 11) is 0. The lowest BCUT2D eigenvalue weighted by Gasteiger charge is -2.23. The number of allylic oxidation sites excluding steroid dienone is 1. The third kappa shape index (κ3) is 4.24. The van der Waals surface area contributed by atoms with Gasteiger partial charge in [0.15, 0.2) is 0 Å². The second-order valence-electron chi connectivity index (χ2n) is 4.93. The van der Waals surface area contributed by atoms with Gasteiger partial charge in [-0.25, -0.2) is 0 Å². The molecule has 3 heteroatoms. The average Bonchev–Trinajstić information content (AvgIpc) is 2.81. The predicted molar refractivity (Wildman–Crippen MR) is 64.0 cm³/mol. The highest BCUT2D eigenvalue weighted by atomic mass is 16.3. The van der Waals surface area contributed by atoms with Crippen LogP contribution in [0.4, 0.5) is 0 Å². The molecule has 1 rings (SSSR count). The highest BCUT2D eigenvalue weighted by Gasteiger charge is 2.26. The Bertz CT molecular complexity index is 209. The van der Waals surface area contributed by atoms with Crippen molar-refractivity contribution in [3.63, 3.8) is 0 Å². The Morgan fingerprint density at radius 1 is 1.25 bits per heavy atom. The van der Waals surface area contributed by atoms with Gasteiger partial charge in [0.25, 0.3) is 0 Å². The molecule has 0 amide bonds. The van der Waals surface area contributed by atoms with E-state index in [1.165, 1.54) is 12.8 Å². The van der Waals surface area contributed by atoms with Crippen LogP contribution in [0.1, 0.15) is 39.0 Å². The van der Waals surface area contributed by atoms with Gasteiger partial charge in [-0.1, -0.05) is 31.9 Å². The van der Waals surface area contributed by atoms with Gasteiger partial charge in [0, 0.05) is 0 Å². The molecule has 1 aliphatic carbocycles. The third-order valence-corrected chi connectivity index (χ3v) is 3.52. The van der Waals surface area contributed by atoms with Crippen LogP contribution >= 0.6 is 0 Å². The van der Waals surface area contributed by atoms with Gasteiger partial charge in [0.2, 0.25) is 0 Å². The fraction of sp³-hybridized carbons (Fsp3) is 0.846. The van der Waals surface area contributed by atoms with Crippen LogP contribution in [-0.2, 0) is 0 Å². The van der Waals surface area contributed by atoms with Gasteiger partial charge in [-0.3, -0.25) is 0 Å². The zero-order valence-corrected chi connectivity index (χ0v) is 10.0. The first kappa shape index (κ1) is 13.7. The van der Waals surface area contributed by atoms with Gasteiger partial charge in [-0.05, 0) is 31.1 Å². The van der Waals surface area contributed by atoms with Crippen LogP contribution < -0.4 is 0 Å². The molecule has 3 N–H and O–H groups in total. The molecule has 1 saturated carbocycles. The van der Waals surface area contributed by atoms with Crippen LogP contribution in [0, 0.1) is 11.8 Å². The van der Waals surface area contributed by atoms with E-state index in [4.69, 9.17) is 10.2 Å². The highest BCUT2D eigenvalue weighted by molar-refractivity contribution is 4.91. The summed E-state index contributed by atoms with van der Waals surface area (Å²) in [5.41, 5.74) is 0. The van der Waals surface area contributed by atoms with Crippen molar-refractivity contribution in [2.24, 2.45) is 11.8 Å². The maximum atomic E-state index is 10.1. The summed E-state index contributed by atoms with van der Waals surface area (Å²) in [6.07, 6.45) is 7.99. The Morgan fingerprint density at radius 3 is 2.44 bits per heavy atom. The maximum absolute atomic E-state index is 10.1. The quantitative estimate of drug-likeness (QED) is 0.603. The lowest BCUT2D eigenvalue weighted by molar-refractivity contribution is 0.0609. The van der Waals surface area contributed by atoms with Gasteiger partial charge in [0.05, 0.1) is 18.8 Å². The summed E-state index contributed by atoms with van der Waals surface area (Å²) in [4.78, 5) is 0. The normalized spacial score (nSPS) is 23.8. The van der Waals surface area contributed by atoms with E-state index in [1.54, 1.807) is 6.08 Å². The van der Waals surface area contributed by atoms with Crippen LogP contribution in [0.5, 0.6) is 0 Å². The summed E-state index contributed by atoms with van der Waals surface area (Å²) in [5, 5.41) is 27.8. The minimum Gasteiger partial charge on any atom is -0.393 e. The lowest BCUT2D eigenvalue weighted by atomic mass is 9.89. The first-order valence-corrected chi connectivity index (χ1v) is 6.28. The van der Waals surface area contributed by atoms with Crippen molar-refractivity contribution in [3.8, 4) is 0 Å². The Kier molecular flexibility index (Phi) is 6.03. The molecule has 0 aromatic rings. The van der Waals surface area contributed by atoms with E-state index in [0.29, 0.717) is 5.92 Å². The second-order valence-corrected chi connectivity index (χ2v) is 4.93. The molecule has 0 aliphatic heterocycles. The molecule has 3 nitrogen and oxygen atoms in total. The fourth-order valence-electron chi connectivity index (χ4n) is 2.41. The predicted octanol–water partition coefficient (Wildman–Crippen LogP) is 1.47. The molecule has 94 valence electrons. The van der Waals surface area contributed by atoms with E-state index in [9.17, 15) is 5.11 Å². The summed E-state index contributed by atoms with van der Waals surface area (Å²) in [5.74, 6) is 0.691. The topological polar surface area (TPSA) is 60.7 Å². The smallest absolute Gasteiger partial charge is 0.0951 e. The molecule has 1 fully saturated rings. The van der Waals surface area contributed by atoms with Crippen molar-refractivity contribution in [2.75, 3.05) is 6.61 Å². The van der Waals surface area contributed by atoms with Gasteiger partial charge < -0.3 is 15.3 Å². The Balaban J connectivity index is 2.27. The summed E-state index contributed by atoms with van der Waals surface area (Å²) in [6.45, 7) is 1.80. The Labute approximate surface area is 97.8 Å². The zero-order valence-electron chi connectivity index (χ0n) is 10.0. The summed E-state index contributed by atoms with van der Waals surface area (Å²) >= 11 is 0. The lowest BCUT2D eigenvalue weighted by Crippen LogP contribution is -2.25. The zero-order chi connectivity index (χ0) is 12.0. The Morgan fingerprint density at radius 2 is 1.88 bits per heavy atom. The number of aliphatic hydroxyl groups is 3. The SMILES string of the molecule is CC(C/C=C/[C@H](O)CO)C(O)C1CCCC1. The molecular formula is C13H24O3. The summed E-state index contributed by atoms with van der Waals surface area (Å²) in [6, 6.07) is 0. The molecule has 0 bridgehead atoms. The molecule has 0 heterocycles. The van der Waals surface area contributed by atoms with Crippen LogP contribution in [0.25, 0.3) is 0 Å². The van der Waals surface area contributed by atoms with E-state index in [1.807, 2.05) is 13.0 Å². The Hall–Kier alpha value is -0.380. The molecule has 3 atom stereocenters. The maximum Gasteiger partial charge on any atom is 0.0951 e. The van der Waals surface area contributed by atoms with Crippen LogP contribution in [-0.4, -0.2) is 34.1 Å². The van der Waals surface area contributed by atoms with Crippen LogP contribution in [0.3, 0.4) is 0 Å². The molecule has 0 radical (unpaired) electrons. The van der Waals surface area contributed by atoms with Crippen LogP contribution in [0.15, 0.2) is 12.2 Å². The van der Waals surface area contributed by atoms with E-state index < -0.39 is 6.10 Å². The standard InChI is InChI=1S/C13H24O3/c1-10(5-4-8-12(15)9-14)13(16)11-6-2-3-7-11/h4,8,10-16H,2-3,5-7,9H2,1H3/b8-4+/t10?,12-,13?/m0/s1. The molecule has 0 aromatic carbocycles. The van der Waals surface area contributed by atoms with Crippen molar-refractivity contribution in [1.82, 2.24) is 0 Å². The molecule has 2 unspecified atom stereocenters. The average molecular weight is 228 g/mol. The number of rotatable bonds is 6. The van der Waals surface area contributed by atoms with Crippen molar-refractivity contribution in [2.45, 2.75) is 51.2 Å². The van der Waals surface area contributed by atoms with E-state index >= 15 is 0 Å². The third-order valence-electron chi connectivity index (χ3n) is 3.52. The molecule has 0 saturated heterocycles. The van der Waals surface area contributed by atoms with Crippen molar-refractivity contribution in [1.29, 1.82) is 0 Å². The minimum atomic E-state index is -0.768. The molecule has 0 aromatic heterocycles. The van der Waals surface area contributed by atoms with Gasteiger partial charge >= 0.3 is 0 Å². The highest BCUT2D eigenvalue weighted by Crippen LogP contribution is 2.31. The van der Waals surface area contributed by atoms with Crippen molar-refractivity contribution < 1.29 is 15.3 Å². The van der Waals surface area contributed by atoms with E-state index in [2.05, 4.69) is 0 Å². The van der Waals surface area contributed by atoms with E-state index in [-0.39, 0.29) is 18.6 Å². The number of aliphatic hydroxyl groups excluding tert-OH is 3. The van der Waals surface area contributed by atoms with Crippen LogP contribution in [0.2, 0.25) is 0 Å².